The van der Waals surface area contributed by atoms with E-state index in [0.29, 0.717) is 6.61 Å². The molecule has 1 aromatic heterocycles. The van der Waals surface area contributed by atoms with Gasteiger partial charge in [-0.1, -0.05) is 11.8 Å². The molecule has 102 valence electrons. The molecule has 0 unspecified atom stereocenters. The Morgan fingerprint density at radius 3 is 2.65 bits per heavy atom. The fourth-order valence-corrected chi connectivity index (χ4v) is 2.85. The Hall–Kier alpha value is -1.85. The smallest absolute Gasteiger partial charge is 0.123 e. The van der Waals surface area contributed by atoms with Crippen LogP contribution in [0.4, 0.5) is 4.39 Å². The Bertz CT molecular complexity index is 724. The van der Waals surface area contributed by atoms with Gasteiger partial charge in [0.05, 0.1) is 17.8 Å². The van der Waals surface area contributed by atoms with Crippen molar-refractivity contribution in [1.29, 1.82) is 0 Å². The molecular formula is C15H13FN2OS. The SMILES string of the molecule is COCc1[nH]nc2cc(Sc3ccc(F)cc3)ccc12. The molecule has 5 heteroatoms. The zero-order chi connectivity index (χ0) is 13.9. The number of benzene rings is 2. The standard InChI is InChI=1S/C15H13FN2OS/c1-19-9-15-13-7-6-12(8-14(13)17-18-15)20-11-4-2-10(16)3-5-11/h2-8H,9H2,1H3,(H,17,18). The fraction of sp³-hybridized carbons (Fsp3) is 0.133. The highest BCUT2D eigenvalue weighted by Gasteiger charge is 2.06. The van der Waals surface area contributed by atoms with Crippen LogP contribution in [0.3, 0.4) is 0 Å². The number of hydrogen-bond acceptors (Lipinski definition) is 3. The number of fused-ring (bicyclic) bond motifs is 1. The van der Waals surface area contributed by atoms with E-state index < -0.39 is 0 Å². The molecule has 0 saturated heterocycles. The third-order valence-corrected chi connectivity index (χ3v) is 3.94. The lowest BCUT2D eigenvalue weighted by Gasteiger charge is -2.02. The van der Waals surface area contributed by atoms with Crippen molar-refractivity contribution in [3.8, 4) is 0 Å². The minimum absolute atomic E-state index is 0.221. The van der Waals surface area contributed by atoms with Crippen LogP contribution in [0.2, 0.25) is 0 Å². The Balaban J connectivity index is 1.87. The first kappa shape index (κ1) is 13.1. The highest BCUT2D eigenvalue weighted by molar-refractivity contribution is 7.99. The van der Waals surface area contributed by atoms with Gasteiger partial charge >= 0.3 is 0 Å². The average Bonchev–Trinajstić information content (AvgIpc) is 2.85. The molecule has 0 aliphatic rings. The molecule has 0 fully saturated rings. The number of nitrogens with zero attached hydrogens (tertiary/aromatic N) is 1. The van der Waals surface area contributed by atoms with Crippen molar-refractivity contribution in [2.24, 2.45) is 0 Å². The Labute approximate surface area is 120 Å². The second-order valence-corrected chi connectivity index (χ2v) is 5.52. The molecule has 20 heavy (non-hydrogen) atoms. The first-order valence-electron chi connectivity index (χ1n) is 6.15. The number of methoxy groups -OCH3 is 1. The maximum atomic E-state index is 12.9. The molecular weight excluding hydrogens is 275 g/mol. The molecule has 0 aliphatic heterocycles. The number of H-pyrrole nitrogens is 1. The summed E-state index contributed by atoms with van der Waals surface area (Å²) in [4.78, 5) is 2.07. The highest BCUT2D eigenvalue weighted by Crippen LogP contribution is 2.30. The van der Waals surface area contributed by atoms with Gasteiger partial charge in [-0.25, -0.2) is 4.39 Å². The topological polar surface area (TPSA) is 37.9 Å². The van der Waals surface area contributed by atoms with Crippen LogP contribution in [0.5, 0.6) is 0 Å². The van der Waals surface area contributed by atoms with E-state index in [1.54, 1.807) is 31.0 Å². The van der Waals surface area contributed by atoms with E-state index in [-0.39, 0.29) is 5.82 Å². The van der Waals surface area contributed by atoms with E-state index in [9.17, 15) is 4.39 Å². The van der Waals surface area contributed by atoms with Crippen molar-refractivity contribution >= 4 is 22.7 Å². The van der Waals surface area contributed by atoms with E-state index in [0.717, 1.165) is 26.4 Å². The van der Waals surface area contributed by atoms with Crippen molar-refractivity contribution in [1.82, 2.24) is 10.2 Å². The van der Waals surface area contributed by atoms with Crippen LogP contribution in [-0.2, 0) is 11.3 Å². The number of rotatable bonds is 4. The van der Waals surface area contributed by atoms with Crippen LogP contribution in [0, 0.1) is 5.82 Å². The number of aromatic nitrogens is 2. The molecule has 0 bridgehead atoms. The summed E-state index contributed by atoms with van der Waals surface area (Å²) in [6.07, 6.45) is 0. The lowest BCUT2D eigenvalue weighted by molar-refractivity contribution is 0.182. The normalized spacial score (nSPS) is 11.1. The summed E-state index contributed by atoms with van der Waals surface area (Å²) >= 11 is 1.58. The molecule has 0 radical (unpaired) electrons. The lowest BCUT2D eigenvalue weighted by atomic mass is 10.2. The molecule has 3 rings (SSSR count). The summed E-state index contributed by atoms with van der Waals surface area (Å²) in [5.74, 6) is -0.221. The Kier molecular flexibility index (Phi) is 3.71. The predicted octanol–water partition coefficient (Wildman–Crippen LogP) is 4.00. The second kappa shape index (κ2) is 5.64. The van der Waals surface area contributed by atoms with E-state index in [2.05, 4.69) is 10.2 Å². The molecule has 0 spiro atoms. The molecule has 0 atom stereocenters. The van der Waals surface area contributed by atoms with Crippen molar-refractivity contribution in [2.45, 2.75) is 16.4 Å². The second-order valence-electron chi connectivity index (χ2n) is 4.37. The monoisotopic (exact) mass is 288 g/mol. The third-order valence-electron chi connectivity index (χ3n) is 2.94. The van der Waals surface area contributed by atoms with Crippen LogP contribution in [-0.4, -0.2) is 17.3 Å². The van der Waals surface area contributed by atoms with Crippen LogP contribution >= 0.6 is 11.8 Å². The summed E-state index contributed by atoms with van der Waals surface area (Å²) in [5.41, 5.74) is 1.88. The van der Waals surface area contributed by atoms with Crippen LogP contribution < -0.4 is 0 Å². The molecule has 1 N–H and O–H groups in total. The number of aromatic amines is 1. The third kappa shape index (κ3) is 2.69. The number of halogens is 1. The molecule has 0 saturated carbocycles. The first-order chi connectivity index (χ1) is 9.76. The lowest BCUT2D eigenvalue weighted by Crippen LogP contribution is -1.87. The number of ether oxygens (including phenoxy) is 1. The zero-order valence-electron chi connectivity index (χ0n) is 10.9. The van der Waals surface area contributed by atoms with Gasteiger partial charge in [0.15, 0.2) is 0 Å². The van der Waals surface area contributed by atoms with Gasteiger partial charge in [-0.2, -0.15) is 5.10 Å². The van der Waals surface area contributed by atoms with E-state index in [1.807, 2.05) is 18.2 Å². The predicted molar refractivity (Wildman–Crippen MR) is 77.3 cm³/mol. The minimum atomic E-state index is -0.221. The van der Waals surface area contributed by atoms with Crippen LogP contribution in [0.1, 0.15) is 5.69 Å². The van der Waals surface area contributed by atoms with Gasteiger partial charge in [0.1, 0.15) is 5.82 Å². The van der Waals surface area contributed by atoms with Gasteiger partial charge in [0.2, 0.25) is 0 Å². The molecule has 1 heterocycles. The van der Waals surface area contributed by atoms with Gasteiger partial charge < -0.3 is 4.74 Å². The van der Waals surface area contributed by atoms with E-state index in [4.69, 9.17) is 4.74 Å². The first-order valence-corrected chi connectivity index (χ1v) is 6.97. The van der Waals surface area contributed by atoms with Gasteiger partial charge in [0, 0.05) is 22.3 Å². The van der Waals surface area contributed by atoms with E-state index >= 15 is 0 Å². The summed E-state index contributed by atoms with van der Waals surface area (Å²) in [6, 6.07) is 12.5. The Morgan fingerprint density at radius 1 is 1.15 bits per heavy atom. The fourth-order valence-electron chi connectivity index (χ4n) is 2.00. The van der Waals surface area contributed by atoms with Crippen molar-refractivity contribution in [3.05, 3.63) is 54.0 Å². The minimum Gasteiger partial charge on any atom is -0.378 e. The maximum Gasteiger partial charge on any atom is 0.123 e. The molecule has 0 aliphatic carbocycles. The largest absolute Gasteiger partial charge is 0.378 e. The molecule has 0 amide bonds. The highest BCUT2D eigenvalue weighted by atomic mass is 32.2. The van der Waals surface area contributed by atoms with Crippen molar-refractivity contribution in [3.63, 3.8) is 0 Å². The molecule has 3 nitrogen and oxygen atoms in total. The number of nitrogens with one attached hydrogen (secondary N) is 1. The van der Waals surface area contributed by atoms with E-state index in [1.165, 1.54) is 12.1 Å². The van der Waals surface area contributed by atoms with Gasteiger partial charge in [-0.15, -0.1) is 0 Å². The number of hydrogen-bond donors (Lipinski definition) is 1. The molecule has 3 aromatic rings. The van der Waals surface area contributed by atoms with Crippen molar-refractivity contribution < 1.29 is 9.13 Å². The van der Waals surface area contributed by atoms with Gasteiger partial charge in [-0.05, 0) is 42.5 Å². The molecule has 2 aromatic carbocycles. The quantitative estimate of drug-likeness (QED) is 0.788. The summed E-state index contributed by atoms with van der Waals surface area (Å²) in [7, 11) is 1.66. The Morgan fingerprint density at radius 2 is 1.90 bits per heavy atom. The summed E-state index contributed by atoms with van der Waals surface area (Å²) < 4.78 is 18.0. The van der Waals surface area contributed by atoms with Gasteiger partial charge in [0.25, 0.3) is 0 Å². The van der Waals surface area contributed by atoms with Crippen LogP contribution in [0.25, 0.3) is 10.9 Å². The van der Waals surface area contributed by atoms with Gasteiger partial charge in [-0.3, -0.25) is 5.10 Å². The van der Waals surface area contributed by atoms with Crippen molar-refractivity contribution in [2.75, 3.05) is 7.11 Å². The summed E-state index contributed by atoms with van der Waals surface area (Å²) in [5, 5.41) is 8.32. The maximum absolute atomic E-state index is 12.9. The average molecular weight is 288 g/mol. The van der Waals surface area contributed by atoms with Crippen LogP contribution in [0.15, 0.2) is 52.3 Å². The zero-order valence-corrected chi connectivity index (χ0v) is 11.7. The summed E-state index contributed by atoms with van der Waals surface area (Å²) in [6.45, 7) is 0.515.